The summed E-state index contributed by atoms with van der Waals surface area (Å²) in [6.45, 7) is 1.88. The molecular weight excluding hydrogens is 560 g/mol. The van der Waals surface area contributed by atoms with Gasteiger partial charge in [-0.1, -0.05) is 30.2 Å². The summed E-state index contributed by atoms with van der Waals surface area (Å²) in [6, 6.07) is 8.04. The normalized spacial score (nSPS) is 11.8. The number of halogens is 3. The Balaban J connectivity index is 1.72. The van der Waals surface area contributed by atoms with Gasteiger partial charge in [-0.05, 0) is 36.8 Å². The third kappa shape index (κ3) is 6.40. The summed E-state index contributed by atoms with van der Waals surface area (Å²) in [4.78, 5) is 42.5. The molecule has 0 aliphatic heterocycles. The smallest absolute Gasteiger partial charge is 0.283 e. The topological polar surface area (TPSA) is 133 Å². The molecule has 214 valence electrons. The van der Waals surface area contributed by atoms with Gasteiger partial charge < -0.3 is 15.4 Å². The Hall–Kier alpha value is -4.65. The molecule has 2 N–H and O–H groups in total. The Morgan fingerprint density at radius 3 is 2.51 bits per heavy atom. The maximum absolute atomic E-state index is 13.4. The minimum atomic E-state index is -2.82. The van der Waals surface area contributed by atoms with Crippen LogP contribution in [0.5, 0.6) is 5.75 Å². The van der Waals surface area contributed by atoms with Crippen molar-refractivity contribution in [2.45, 2.75) is 32.2 Å². The molecule has 41 heavy (non-hydrogen) atoms. The van der Waals surface area contributed by atoms with Crippen molar-refractivity contribution in [1.29, 1.82) is 0 Å². The van der Waals surface area contributed by atoms with Crippen LogP contribution in [-0.2, 0) is 4.79 Å². The van der Waals surface area contributed by atoms with Gasteiger partial charge in [-0.25, -0.2) is 18.4 Å². The largest absolute Gasteiger partial charge is 0.495 e. The first-order valence-electron chi connectivity index (χ1n) is 12.5. The zero-order chi connectivity index (χ0) is 29.7. The van der Waals surface area contributed by atoms with Crippen molar-refractivity contribution in [3.8, 4) is 22.6 Å². The van der Waals surface area contributed by atoms with E-state index < -0.39 is 29.6 Å². The van der Waals surface area contributed by atoms with Gasteiger partial charge in [0.2, 0.25) is 5.91 Å². The number of nitrogens with one attached hydrogen (secondary N) is 2. The van der Waals surface area contributed by atoms with Crippen LogP contribution in [0.15, 0.2) is 59.8 Å². The second-order valence-corrected chi connectivity index (χ2v) is 9.29. The average molecular weight is 586 g/mol. The van der Waals surface area contributed by atoms with E-state index in [0.717, 1.165) is 10.9 Å². The van der Waals surface area contributed by atoms with Crippen molar-refractivity contribution in [1.82, 2.24) is 29.9 Å². The van der Waals surface area contributed by atoms with E-state index in [4.69, 9.17) is 16.3 Å². The lowest BCUT2D eigenvalue weighted by atomic mass is 10.0. The Kier molecular flexibility index (Phi) is 9.07. The number of anilines is 1. The highest BCUT2D eigenvalue weighted by Gasteiger charge is 2.24. The third-order valence-electron chi connectivity index (χ3n) is 6.19. The highest BCUT2D eigenvalue weighted by molar-refractivity contribution is 6.31. The number of benzene rings is 1. The Morgan fingerprint density at radius 1 is 1.12 bits per heavy atom. The molecule has 0 unspecified atom stereocenters. The van der Waals surface area contributed by atoms with Crippen LogP contribution in [0.25, 0.3) is 16.8 Å². The molecule has 14 heteroatoms. The molecule has 0 saturated carbocycles. The van der Waals surface area contributed by atoms with Crippen molar-refractivity contribution in [3.05, 3.63) is 81.8 Å². The summed E-state index contributed by atoms with van der Waals surface area (Å²) in [5.74, 6) is -0.608. The predicted molar refractivity (Wildman–Crippen MR) is 148 cm³/mol. The number of aromatic nitrogens is 5. The number of hydrogen-bond donors (Lipinski definition) is 2. The lowest BCUT2D eigenvalue weighted by Crippen LogP contribution is -2.33. The zero-order valence-electron chi connectivity index (χ0n) is 22.3. The molecule has 11 nitrogen and oxygen atoms in total. The molecule has 1 atom stereocenters. The summed E-state index contributed by atoms with van der Waals surface area (Å²) in [7, 11) is 2.88. The van der Waals surface area contributed by atoms with Gasteiger partial charge in [0.25, 0.3) is 17.9 Å². The van der Waals surface area contributed by atoms with E-state index in [0.29, 0.717) is 40.4 Å². The van der Waals surface area contributed by atoms with Crippen LogP contribution in [0, 0.1) is 0 Å². The standard InChI is InChI=1S/C27H26ClF2N7O4/c1-4-5-22(27(40)33-16-7-8-19(32-12-16)26(39)31-2)36-14-23(41-3)18(11-24(36)38)17-10-15(28)6-9-21(17)37-13-20(25(29)30)34-35-37/h6-14,22,25H,4-5H2,1-3H3,(H,31,39)(H,33,40)/t22-/m0/s1. The Labute approximate surface area is 238 Å². The minimum Gasteiger partial charge on any atom is -0.495 e. The monoisotopic (exact) mass is 585 g/mol. The number of rotatable bonds is 10. The van der Waals surface area contributed by atoms with E-state index in [1.54, 1.807) is 18.2 Å². The summed E-state index contributed by atoms with van der Waals surface area (Å²) >= 11 is 6.25. The first kappa shape index (κ1) is 29.3. The van der Waals surface area contributed by atoms with Gasteiger partial charge in [0.05, 0.1) is 37.1 Å². The van der Waals surface area contributed by atoms with Crippen LogP contribution in [-0.4, -0.2) is 50.5 Å². The van der Waals surface area contributed by atoms with Crippen molar-refractivity contribution in [3.63, 3.8) is 0 Å². The Bertz CT molecular complexity index is 1620. The van der Waals surface area contributed by atoms with Crippen LogP contribution in [0.1, 0.15) is 48.4 Å². The molecule has 3 aromatic heterocycles. The number of ether oxygens (including phenoxy) is 1. The van der Waals surface area contributed by atoms with Gasteiger partial charge in [0.1, 0.15) is 23.2 Å². The fraction of sp³-hybridized carbons (Fsp3) is 0.259. The maximum atomic E-state index is 13.4. The molecule has 0 fully saturated rings. The number of carbonyl (C=O) groups is 2. The molecule has 0 saturated heterocycles. The molecule has 0 bridgehead atoms. The molecule has 0 spiro atoms. The molecule has 0 aliphatic carbocycles. The number of alkyl halides is 2. The average Bonchev–Trinajstić information content (AvgIpc) is 3.46. The number of carbonyl (C=O) groups excluding carboxylic acids is 2. The van der Waals surface area contributed by atoms with Crippen molar-refractivity contribution in [2.75, 3.05) is 19.5 Å². The SMILES string of the molecule is CCC[C@@H](C(=O)Nc1ccc(C(=O)NC)nc1)n1cc(OC)c(-c2cc(Cl)ccc2-n2cc(C(F)F)nn2)cc1=O. The first-order chi connectivity index (χ1) is 19.7. The molecule has 4 aromatic rings. The van der Waals surface area contributed by atoms with Gasteiger partial charge in [-0.2, -0.15) is 0 Å². The first-order valence-corrected chi connectivity index (χ1v) is 12.8. The number of methoxy groups -OCH3 is 1. The second kappa shape index (κ2) is 12.7. The second-order valence-electron chi connectivity index (χ2n) is 8.86. The zero-order valence-corrected chi connectivity index (χ0v) is 23.0. The number of amides is 2. The fourth-order valence-electron chi connectivity index (χ4n) is 4.19. The summed E-state index contributed by atoms with van der Waals surface area (Å²) in [6.07, 6.45) is 1.95. The quantitative estimate of drug-likeness (QED) is 0.281. The lowest BCUT2D eigenvalue weighted by Gasteiger charge is -2.21. The fourth-order valence-corrected chi connectivity index (χ4v) is 4.36. The van der Waals surface area contributed by atoms with E-state index in [-0.39, 0.29) is 17.4 Å². The summed E-state index contributed by atoms with van der Waals surface area (Å²) in [5, 5.41) is 12.8. The number of hydrogen-bond acceptors (Lipinski definition) is 7. The summed E-state index contributed by atoms with van der Waals surface area (Å²) in [5.41, 5.74) is 0.525. The van der Waals surface area contributed by atoms with E-state index in [2.05, 4.69) is 25.9 Å². The van der Waals surface area contributed by atoms with E-state index in [1.807, 2.05) is 6.92 Å². The van der Waals surface area contributed by atoms with Gasteiger partial charge in [-0.3, -0.25) is 19.0 Å². The van der Waals surface area contributed by atoms with E-state index >= 15 is 0 Å². The van der Waals surface area contributed by atoms with Gasteiger partial charge in [-0.15, -0.1) is 5.10 Å². The maximum Gasteiger partial charge on any atom is 0.283 e. The van der Waals surface area contributed by atoms with E-state index in [9.17, 15) is 23.2 Å². The molecule has 0 aliphatic rings. The molecule has 1 aromatic carbocycles. The van der Waals surface area contributed by atoms with Gasteiger partial charge >= 0.3 is 0 Å². The molecule has 3 heterocycles. The highest BCUT2D eigenvalue weighted by atomic mass is 35.5. The number of pyridine rings is 2. The van der Waals surface area contributed by atoms with Crippen LogP contribution in [0.4, 0.5) is 14.5 Å². The van der Waals surface area contributed by atoms with Crippen LogP contribution >= 0.6 is 11.6 Å². The van der Waals surface area contributed by atoms with Gasteiger partial charge in [0, 0.05) is 29.3 Å². The van der Waals surface area contributed by atoms with Crippen LogP contribution < -0.4 is 20.9 Å². The van der Waals surface area contributed by atoms with E-state index in [1.165, 1.54) is 49.3 Å². The predicted octanol–water partition coefficient (Wildman–Crippen LogP) is 4.43. The summed E-state index contributed by atoms with van der Waals surface area (Å²) < 4.78 is 34.3. The minimum absolute atomic E-state index is 0.184. The lowest BCUT2D eigenvalue weighted by molar-refractivity contribution is -0.119. The van der Waals surface area contributed by atoms with Gasteiger partial charge in [0.15, 0.2) is 0 Å². The van der Waals surface area contributed by atoms with Crippen molar-refractivity contribution in [2.24, 2.45) is 0 Å². The molecule has 2 amide bonds. The highest BCUT2D eigenvalue weighted by Crippen LogP contribution is 2.36. The number of nitrogens with zero attached hydrogens (tertiary/aromatic N) is 5. The molecular formula is C27H26ClF2N7O4. The Morgan fingerprint density at radius 2 is 1.90 bits per heavy atom. The van der Waals surface area contributed by atoms with Crippen molar-refractivity contribution >= 4 is 29.1 Å². The van der Waals surface area contributed by atoms with Crippen LogP contribution in [0.2, 0.25) is 5.02 Å². The van der Waals surface area contributed by atoms with Crippen LogP contribution in [0.3, 0.4) is 0 Å². The van der Waals surface area contributed by atoms with Crippen molar-refractivity contribution < 1.29 is 23.1 Å². The third-order valence-corrected chi connectivity index (χ3v) is 6.42. The molecule has 0 radical (unpaired) electrons. The molecule has 4 rings (SSSR count).